The van der Waals surface area contributed by atoms with Crippen LogP contribution in [0.3, 0.4) is 0 Å². The van der Waals surface area contributed by atoms with E-state index < -0.39 is 16.4 Å². The van der Waals surface area contributed by atoms with E-state index in [2.05, 4.69) is 5.32 Å². The van der Waals surface area contributed by atoms with Crippen LogP contribution in [0.15, 0.2) is 18.2 Å². The number of ether oxygens (including phenoxy) is 1. The van der Waals surface area contributed by atoms with Gasteiger partial charge in [0.1, 0.15) is 18.0 Å². The molecule has 19 heavy (non-hydrogen) atoms. The second-order valence-corrected chi connectivity index (χ2v) is 4.91. The molecule has 0 aliphatic heterocycles. The van der Waals surface area contributed by atoms with Gasteiger partial charge in [-0.3, -0.25) is 14.9 Å². The highest BCUT2D eigenvalue weighted by molar-refractivity contribution is 5.94. The maximum absolute atomic E-state index is 11.6. The fourth-order valence-corrected chi connectivity index (χ4v) is 1.25. The molecule has 7 heteroatoms. The van der Waals surface area contributed by atoms with Crippen molar-refractivity contribution in [1.82, 2.24) is 0 Å². The first-order valence-corrected chi connectivity index (χ1v) is 5.60. The summed E-state index contributed by atoms with van der Waals surface area (Å²) >= 11 is 0. The number of phenols is 1. The molecule has 1 rings (SSSR count). The lowest BCUT2D eigenvalue weighted by Gasteiger charge is -2.18. The predicted molar refractivity (Wildman–Crippen MR) is 69.1 cm³/mol. The maximum atomic E-state index is 11.6. The van der Waals surface area contributed by atoms with Gasteiger partial charge in [-0.1, -0.05) is 0 Å². The van der Waals surface area contributed by atoms with E-state index >= 15 is 0 Å². The largest absolute Gasteiger partial charge is 0.508 e. The van der Waals surface area contributed by atoms with E-state index in [1.54, 1.807) is 20.8 Å². The van der Waals surface area contributed by atoms with Crippen molar-refractivity contribution in [2.75, 3.05) is 11.9 Å². The summed E-state index contributed by atoms with van der Waals surface area (Å²) < 4.78 is 5.26. The van der Waals surface area contributed by atoms with Crippen LogP contribution < -0.4 is 5.32 Å². The van der Waals surface area contributed by atoms with Crippen LogP contribution in [0.1, 0.15) is 20.8 Å². The molecule has 7 nitrogen and oxygen atoms in total. The fourth-order valence-electron chi connectivity index (χ4n) is 1.25. The number of carbonyl (C=O) groups is 1. The smallest absolute Gasteiger partial charge is 0.296 e. The average Bonchev–Trinajstić information content (AvgIpc) is 2.28. The van der Waals surface area contributed by atoms with Gasteiger partial charge in [-0.05, 0) is 32.9 Å². The second kappa shape index (κ2) is 5.66. The van der Waals surface area contributed by atoms with E-state index in [4.69, 9.17) is 4.74 Å². The molecule has 1 aromatic carbocycles. The van der Waals surface area contributed by atoms with Crippen molar-refractivity contribution in [1.29, 1.82) is 0 Å². The Hall–Kier alpha value is -2.15. The number of amides is 1. The number of phenolic OH excluding ortho intramolecular Hbond substituents is 1. The Balaban J connectivity index is 2.77. The molecule has 0 unspecified atom stereocenters. The number of benzene rings is 1. The van der Waals surface area contributed by atoms with Crippen molar-refractivity contribution in [3.63, 3.8) is 0 Å². The molecule has 104 valence electrons. The minimum absolute atomic E-state index is 0.0188. The Bertz CT molecular complexity index is 493. The molecule has 0 spiro atoms. The van der Waals surface area contributed by atoms with E-state index in [-0.39, 0.29) is 23.7 Å². The number of nitro benzene ring substituents is 1. The van der Waals surface area contributed by atoms with Gasteiger partial charge >= 0.3 is 0 Å². The lowest BCUT2D eigenvalue weighted by Crippen LogP contribution is -2.27. The number of carbonyl (C=O) groups excluding carboxylic acids is 1. The van der Waals surface area contributed by atoms with Gasteiger partial charge in [0.15, 0.2) is 0 Å². The maximum Gasteiger partial charge on any atom is 0.296 e. The zero-order valence-electron chi connectivity index (χ0n) is 11.0. The third kappa shape index (κ3) is 4.92. The van der Waals surface area contributed by atoms with Crippen LogP contribution in [0.5, 0.6) is 5.75 Å². The Labute approximate surface area is 110 Å². The topological polar surface area (TPSA) is 102 Å². The first-order valence-electron chi connectivity index (χ1n) is 5.60. The molecule has 0 saturated carbocycles. The van der Waals surface area contributed by atoms with Gasteiger partial charge in [0.2, 0.25) is 0 Å². The molecule has 0 heterocycles. The summed E-state index contributed by atoms with van der Waals surface area (Å²) in [7, 11) is 0. The summed E-state index contributed by atoms with van der Waals surface area (Å²) in [5, 5.41) is 22.3. The van der Waals surface area contributed by atoms with Crippen molar-refractivity contribution in [2.24, 2.45) is 0 Å². The van der Waals surface area contributed by atoms with Gasteiger partial charge in [0.05, 0.1) is 16.6 Å². The van der Waals surface area contributed by atoms with Crippen molar-refractivity contribution in [3.8, 4) is 5.75 Å². The monoisotopic (exact) mass is 268 g/mol. The summed E-state index contributed by atoms with van der Waals surface area (Å²) in [6, 6.07) is 3.50. The third-order valence-electron chi connectivity index (χ3n) is 2.09. The molecule has 0 atom stereocenters. The van der Waals surface area contributed by atoms with Crippen LogP contribution in [0.4, 0.5) is 11.4 Å². The molecule has 0 bridgehead atoms. The lowest BCUT2D eigenvalue weighted by atomic mass is 10.2. The number of nitrogens with one attached hydrogen (secondary N) is 1. The summed E-state index contributed by atoms with van der Waals surface area (Å²) in [6.45, 7) is 5.18. The molecule has 0 radical (unpaired) electrons. The molecule has 1 amide bonds. The highest BCUT2D eigenvalue weighted by atomic mass is 16.6. The third-order valence-corrected chi connectivity index (χ3v) is 2.09. The fraction of sp³-hybridized carbons (Fsp3) is 0.417. The van der Waals surface area contributed by atoms with Gasteiger partial charge in [-0.15, -0.1) is 0 Å². The minimum atomic E-state index is -0.681. The highest BCUT2D eigenvalue weighted by Crippen LogP contribution is 2.28. The Kier molecular flexibility index (Phi) is 4.44. The molecular formula is C12H16N2O5. The van der Waals surface area contributed by atoms with Crippen molar-refractivity contribution >= 4 is 17.3 Å². The van der Waals surface area contributed by atoms with Crippen LogP contribution >= 0.6 is 0 Å². The summed E-state index contributed by atoms with van der Waals surface area (Å²) in [5.41, 5.74) is -0.826. The van der Waals surface area contributed by atoms with Gasteiger partial charge < -0.3 is 15.2 Å². The predicted octanol–water partition coefficient (Wildman–Crippen LogP) is 2.05. The summed E-state index contributed by atoms with van der Waals surface area (Å²) in [6.07, 6.45) is 0. The standard InChI is InChI=1S/C12H16N2O5/c1-12(2,3)19-7-11(16)13-9-5-4-8(15)6-10(9)14(17)18/h4-6,15H,7H2,1-3H3,(H,13,16). The molecule has 0 aliphatic carbocycles. The van der Waals surface area contributed by atoms with Gasteiger partial charge in [0.25, 0.3) is 11.6 Å². The molecule has 1 aromatic rings. The van der Waals surface area contributed by atoms with Crippen molar-refractivity contribution < 1.29 is 19.6 Å². The lowest BCUT2D eigenvalue weighted by molar-refractivity contribution is -0.384. The number of rotatable bonds is 4. The van der Waals surface area contributed by atoms with Gasteiger partial charge in [-0.25, -0.2) is 0 Å². The van der Waals surface area contributed by atoms with Crippen LogP contribution in [-0.2, 0) is 9.53 Å². The number of anilines is 1. The molecule has 0 aromatic heterocycles. The Morgan fingerprint density at radius 2 is 2.11 bits per heavy atom. The molecule has 2 N–H and O–H groups in total. The van der Waals surface area contributed by atoms with E-state index in [9.17, 15) is 20.0 Å². The Morgan fingerprint density at radius 1 is 1.47 bits per heavy atom. The highest BCUT2D eigenvalue weighted by Gasteiger charge is 2.18. The van der Waals surface area contributed by atoms with Gasteiger partial charge in [0, 0.05) is 0 Å². The zero-order valence-corrected chi connectivity index (χ0v) is 11.0. The molecular weight excluding hydrogens is 252 g/mol. The van der Waals surface area contributed by atoms with Crippen LogP contribution in [-0.4, -0.2) is 28.1 Å². The van der Waals surface area contributed by atoms with Crippen LogP contribution in [0.25, 0.3) is 0 Å². The summed E-state index contributed by atoms with van der Waals surface area (Å²) in [4.78, 5) is 21.7. The number of hydrogen-bond acceptors (Lipinski definition) is 5. The zero-order chi connectivity index (χ0) is 14.6. The molecule has 0 aliphatic rings. The minimum Gasteiger partial charge on any atom is -0.508 e. The first kappa shape index (κ1) is 14.9. The second-order valence-electron chi connectivity index (χ2n) is 4.91. The van der Waals surface area contributed by atoms with E-state index in [0.29, 0.717) is 0 Å². The normalized spacial score (nSPS) is 11.1. The number of aromatic hydroxyl groups is 1. The van der Waals surface area contributed by atoms with Gasteiger partial charge in [-0.2, -0.15) is 0 Å². The Morgan fingerprint density at radius 3 is 2.63 bits per heavy atom. The quantitative estimate of drug-likeness (QED) is 0.494. The summed E-state index contributed by atoms with van der Waals surface area (Å²) in [5.74, 6) is -0.737. The van der Waals surface area contributed by atoms with E-state index in [1.165, 1.54) is 12.1 Å². The van der Waals surface area contributed by atoms with Crippen LogP contribution in [0.2, 0.25) is 0 Å². The molecule has 0 fully saturated rings. The number of nitrogens with zero attached hydrogens (tertiary/aromatic N) is 1. The number of nitro groups is 1. The first-order chi connectivity index (χ1) is 8.69. The van der Waals surface area contributed by atoms with Crippen LogP contribution in [0, 0.1) is 10.1 Å². The molecule has 0 saturated heterocycles. The van der Waals surface area contributed by atoms with E-state index in [0.717, 1.165) is 6.07 Å². The van der Waals surface area contributed by atoms with Crippen molar-refractivity contribution in [3.05, 3.63) is 28.3 Å². The SMILES string of the molecule is CC(C)(C)OCC(=O)Nc1ccc(O)cc1[N+](=O)[O-]. The van der Waals surface area contributed by atoms with E-state index in [1.807, 2.05) is 0 Å². The average molecular weight is 268 g/mol. The number of hydrogen-bond donors (Lipinski definition) is 2. The van der Waals surface area contributed by atoms with Crippen molar-refractivity contribution in [2.45, 2.75) is 26.4 Å².